The number of nitrogens with two attached hydrogens (primary N) is 1. The summed E-state index contributed by atoms with van der Waals surface area (Å²) in [7, 11) is 0. The number of hydrogen-bond acceptors (Lipinski definition) is 5. The zero-order valence-electron chi connectivity index (χ0n) is 12.5. The minimum absolute atomic E-state index is 0.148. The van der Waals surface area contributed by atoms with E-state index >= 15 is 0 Å². The second-order valence-corrected chi connectivity index (χ2v) is 4.67. The molecule has 0 saturated carbocycles. The van der Waals surface area contributed by atoms with Crippen molar-refractivity contribution in [2.24, 2.45) is 5.73 Å². The molecule has 1 rings (SSSR count). The van der Waals surface area contributed by atoms with Gasteiger partial charge >= 0.3 is 5.97 Å². The molecule has 22 heavy (non-hydrogen) atoms. The van der Waals surface area contributed by atoms with Gasteiger partial charge in [0.05, 0.1) is 13.2 Å². The quantitative estimate of drug-likeness (QED) is 0.504. The molecule has 0 radical (unpaired) electrons. The Morgan fingerprint density at radius 3 is 2.50 bits per heavy atom. The Bertz CT molecular complexity index is 513. The second-order valence-electron chi connectivity index (χ2n) is 4.67. The van der Waals surface area contributed by atoms with Crippen LogP contribution in [-0.2, 0) is 19.1 Å². The number of aryl methyl sites for hydroxylation is 1. The van der Waals surface area contributed by atoms with E-state index in [1.165, 1.54) is 0 Å². The van der Waals surface area contributed by atoms with Crippen LogP contribution in [0.4, 0.5) is 0 Å². The monoisotopic (exact) mass is 308 g/mol. The fraction of sp³-hybridized carbons (Fsp3) is 0.400. The van der Waals surface area contributed by atoms with Crippen molar-refractivity contribution in [3.63, 3.8) is 0 Å². The zero-order valence-corrected chi connectivity index (χ0v) is 12.5. The number of ether oxygens (including phenoxy) is 2. The molecule has 7 heteroatoms. The normalized spacial score (nSPS) is 9.86. The third-order valence-corrected chi connectivity index (χ3v) is 2.64. The fourth-order valence-corrected chi connectivity index (χ4v) is 1.50. The van der Waals surface area contributed by atoms with Crippen LogP contribution in [0.1, 0.15) is 18.4 Å². The molecule has 2 amide bonds. The summed E-state index contributed by atoms with van der Waals surface area (Å²) in [5, 5.41) is 2.22. The fourth-order valence-electron chi connectivity index (χ4n) is 1.50. The Balaban J connectivity index is 2.09. The molecule has 0 bridgehead atoms. The number of carbonyl (C=O) groups is 3. The summed E-state index contributed by atoms with van der Waals surface area (Å²) in [6.07, 6.45) is 0.630. The summed E-state index contributed by atoms with van der Waals surface area (Å²) >= 11 is 0. The van der Waals surface area contributed by atoms with E-state index in [2.05, 4.69) is 5.32 Å². The number of hydrogen-bond donors (Lipinski definition) is 2. The lowest BCUT2D eigenvalue weighted by atomic mass is 10.2. The van der Waals surface area contributed by atoms with Crippen LogP contribution < -0.4 is 15.8 Å². The van der Waals surface area contributed by atoms with Gasteiger partial charge in [-0.3, -0.25) is 14.4 Å². The molecule has 0 spiro atoms. The van der Waals surface area contributed by atoms with Crippen molar-refractivity contribution in [3.8, 4) is 5.75 Å². The van der Waals surface area contributed by atoms with Crippen LogP contribution in [0.5, 0.6) is 5.75 Å². The molecule has 0 aliphatic heterocycles. The highest BCUT2D eigenvalue weighted by Gasteiger charge is 2.08. The molecule has 0 atom stereocenters. The lowest BCUT2D eigenvalue weighted by Crippen LogP contribution is -2.35. The molecular weight excluding hydrogens is 288 g/mol. The van der Waals surface area contributed by atoms with Crippen molar-refractivity contribution in [1.29, 1.82) is 0 Å². The van der Waals surface area contributed by atoms with Gasteiger partial charge in [0.15, 0.2) is 6.61 Å². The van der Waals surface area contributed by atoms with Gasteiger partial charge in [0.1, 0.15) is 5.75 Å². The number of amides is 2. The smallest absolute Gasteiger partial charge is 0.306 e. The van der Waals surface area contributed by atoms with Crippen molar-refractivity contribution in [2.45, 2.75) is 19.8 Å². The van der Waals surface area contributed by atoms with Gasteiger partial charge in [-0.15, -0.1) is 0 Å². The van der Waals surface area contributed by atoms with E-state index in [-0.39, 0.29) is 13.0 Å². The summed E-state index contributed by atoms with van der Waals surface area (Å²) in [6.45, 7) is 1.66. The first kappa shape index (κ1) is 17.5. The van der Waals surface area contributed by atoms with Crippen molar-refractivity contribution in [1.82, 2.24) is 5.32 Å². The third-order valence-electron chi connectivity index (χ3n) is 2.64. The van der Waals surface area contributed by atoms with Gasteiger partial charge in [-0.25, -0.2) is 0 Å². The first-order chi connectivity index (χ1) is 10.5. The zero-order chi connectivity index (χ0) is 16.4. The Morgan fingerprint density at radius 2 is 1.86 bits per heavy atom. The van der Waals surface area contributed by atoms with Gasteiger partial charge < -0.3 is 20.5 Å². The van der Waals surface area contributed by atoms with Gasteiger partial charge in [0, 0.05) is 6.42 Å². The van der Waals surface area contributed by atoms with E-state index in [1.54, 1.807) is 0 Å². The maximum absolute atomic E-state index is 11.4. The molecule has 7 nitrogen and oxygen atoms in total. The van der Waals surface area contributed by atoms with Crippen LogP contribution in [0.2, 0.25) is 0 Å². The van der Waals surface area contributed by atoms with E-state index < -0.39 is 24.4 Å². The van der Waals surface area contributed by atoms with E-state index in [0.717, 1.165) is 11.3 Å². The van der Waals surface area contributed by atoms with Gasteiger partial charge in [-0.2, -0.15) is 0 Å². The maximum atomic E-state index is 11.4. The molecule has 0 aliphatic rings. The van der Waals surface area contributed by atoms with Crippen LogP contribution in [0, 0.1) is 6.92 Å². The van der Waals surface area contributed by atoms with Crippen molar-refractivity contribution < 1.29 is 23.9 Å². The van der Waals surface area contributed by atoms with E-state index in [9.17, 15) is 14.4 Å². The average molecular weight is 308 g/mol. The molecular formula is C15H20N2O5. The SMILES string of the molecule is Cc1ccc(OCCCC(=O)OCC(=O)NCC(N)=O)cc1. The Morgan fingerprint density at radius 1 is 1.18 bits per heavy atom. The van der Waals surface area contributed by atoms with Gasteiger partial charge in [0.25, 0.3) is 5.91 Å². The minimum atomic E-state index is -0.659. The van der Waals surface area contributed by atoms with Crippen LogP contribution in [0.15, 0.2) is 24.3 Å². The van der Waals surface area contributed by atoms with Crippen molar-refractivity contribution in [3.05, 3.63) is 29.8 Å². The number of carbonyl (C=O) groups excluding carboxylic acids is 3. The summed E-state index contributed by atoms with van der Waals surface area (Å²) < 4.78 is 10.2. The molecule has 0 aromatic heterocycles. The number of nitrogens with one attached hydrogen (secondary N) is 1. The average Bonchev–Trinajstić information content (AvgIpc) is 2.49. The molecule has 0 unspecified atom stereocenters. The van der Waals surface area contributed by atoms with Gasteiger partial charge in [-0.1, -0.05) is 17.7 Å². The van der Waals surface area contributed by atoms with Crippen molar-refractivity contribution >= 4 is 17.8 Å². The third kappa shape index (κ3) is 7.88. The van der Waals surface area contributed by atoms with Crippen LogP contribution in [-0.4, -0.2) is 37.5 Å². The standard InChI is InChI=1S/C15H20N2O5/c1-11-4-6-12(7-5-11)21-8-2-3-15(20)22-10-14(19)17-9-13(16)18/h4-7H,2-3,8-10H2,1H3,(H2,16,18)(H,17,19). The Labute approximate surface area is 128 Å². The molecule has 0 saturated heterocycles. The van der Waals surface area contributed by atoms with Gasteiger partial charge in [0.2, 0.25) is 5.91 Å². The number of primary amides is 1. The lowest BCUT2D eigenvalue weighted by Gasteiger charge is -2.07. The predicted octanol–water partition coefficient (Wildman–Crippen LogP) is 0.299. The van der Waals surface area contributed by atoms with Crippen LogP contribution in [0.3, 0.4) is 0 Å². The number of esters is 1. The van der Waals surface area contributed by atoms with Gasteiger partial charge in [-0.05, 0) is 25.5 Å². The number of rotatable bonds is 9. The minimum Gasteiger partial charge on any atom is -0.494 e. The molecule has 3 N–H and O–H groups in total. The largest absolute Gasteiger partial charge is 0.494 e. The number of benzene rings is 1. The topological polar surface area (TPSA) is 108 Å². The highest BCUT2D eigenvalue weighted by Crippen LogP contribution is 2.11. The van der Waals surface area contributed by atoms with Crippen LogP contribution >= 0.6 is 0 Å². The van der Waals surface area contributed by atoms with E-state index in [0.29, 0.717) is 13.0 Å². The first-order valence-electron chi connectivity index (χ1n) is 6.87. The van der Waals surface area contributed by atoms with E-state index in [1.807, 2.05) is 31.2 Å². The maximum Gasteiger partial charge on any atom is 0.306 e. The highest BCUT2D eigenvalue weighted by atomic mass is 16.5. The first-order valence-corrected chi connectivity index (χ1v) is 6.87. The Hall–Kier alpha value is -2.57. The lowest BCUT2D eigenvalue weighted by molar-refractivity contribution is -0.148. The van der Waals surface area contributed by atoms with Crippen molar-refractivity contribution in [2.75, 3.05) is 19.8 Å². The molecule has 0 heterocycles. The Kier molecular flexibility index (Phi) is 7.45. The summed E-state index contributed by atoms with van der Waals surface area (Å²) in [5.74, 6) is -0.984. The molecule has 120 valence electrons. The molecule has 0 aliphatic carbocycles. The summed E-state index contributed by atoms with van der Waals surface area (Å²) in [6, 6.07) is 7.59. The summed E-state index contributed by atoms with van der Waals surface area (Å²) in [4.78, 5) is 33.0. The summed E-state index contributed by atoms with van der Waals surface area (Å²) in [5.41, 5.74) is 6.00. The highest BCUT2D eigenvalue weighted by molar-refractivity contribution is 5.85. The second kappa shape index (κ2) is 9.38. The van der Waals surface area contributed by atoms with Crippen LogP contribution in [0.25, 0.3) is 0 Å². The molecule has 0 fully saturated rings. The van der Waals surface area contributed by atoms with E-state index in [4.69, 9.17) is 15.2 Å². The molecule has 1 aromatic rings. The molecule has 1 aromatic carbocycles. The predicted molar refractivity (Wildman–Crippen MR) is 79.1 cm³/mol.